The third-order valence-corrected chi connectivity index (χ3v) is 3.09. The molecule has 0 aromatic heterocycles. The minimum Gasteiger partial charge on any atom is -0.380 e. The average Bonchev–Trinajstić information content (AvgIpc) is 2.31. The van der Waals surface area contributed by atoms with E-state index in [1.54, 1.807) is 0 Å². The molecule has 102 valence electrons. The molecule has 1 amide bonds. The van der Waals surface area contributed by atoms with Crippen molar-refractivity contribution in [3.63, 3.8) is 0 Å². The lowest BCUT2D eigenvalue weighted by Gasteiger charge is -2.25. The summed E-state index contributed by atoms with van der Waals surface area (Å²) in [6, 6.07) is 0. The van der Waals surface area contributed by atoms with Gasteiger partial charge in [-0.2, -0.15) is 0 Å². The summed E-state index contributed by atoms with van der Waals surface area (Å²) in [5.41, 5.74) is 5.24. The van der Waals surface area contributed by atoms with Gasteiger partial charge in [0.25, 0.3) is 0 Å². The van der Waals surface area contributed by atoms with Crippen LogP contribution in [-0.4, -0.2) is 31.2 Å². The van der Waals surface area contributed by atoms with Gasteiger partial charge in [-0.25, -0.2) is 0 Å². The molecule has 0 heterocycles. The van der Waals surface area contributed by atoms with Gasteiger partial charge in [-0.1, -0.05) is 27.7 Å². The molecule has 0 rings (SSSR count). The van der Waals surface area contributed by atoms with Crippen LogP contribution in [0.2, 0.25) is 0 Å². The van der Waals surface area contributed by atoms with Gasteiger partial charge in [0.1, 0.15) is 0 Å². The Morgan fingerprint density at radius 3 is 2.35 bits per heavy atom. The Bertz CT molecular complexity index is 213. The monoisotopic (exact) mass is 244 g/mol. The minimum absolute atomic E-state index is 0.0741. The molecular weight excluding hydrogens is 216 g/mol. The Hall–Kier alpha value is -0.610. The van der Waals surface area contributed by atoms with Gasteiger partial charge < -0.3 is 15.8 Å². The normalized spacial score (nSPS) is 11.9. The van der Waals surface area contributed by atoms with Gasteiger partial charge in [-0.05, 0) is 25.2 Å². The van der Waals surface area contributed by atoms with Crippen LogP contribution in [0.4, 0.5) is 0 Å². The maximum Gasteiger partial charge on any atom is 0.240 e. The maximum absolute atomic E-state index is 11.8. The van der Waals surface area contributed by atoms with Gasteiger partial charge in [-0.3, -0.25) is 4.79 Å². The number of ether oxygens (including phenoxy) is 1. The lowest BCUT2D eigenvalue weighted by atomic mass is 9.93. The van der Waals surface area contributed by atoms with Crippen LogP contribution in [-0.2, 0) is 9.53 Å². The third kappa shape index (κ3) is 6.64. The van der Waals surface area contributed by atoms with Crippen LogP contribution >= 0.6 is 0 Å². The van der Waals surface area contributed by atoms with E-state index in [1.807, 2.05) is 13.8 Å². The first kappa shape index (κ1) is 16.4. The highest BCUT2D eigenvalue weighted by molar-refractivity contribution is 5.85. The summed E-state index contributed by atoms with van der Waals surface area (Å²) in [6.07, 6.45) is 2.37. The van der Waals surface area contributed by atoms with E-state index in [0.29, 0.717) is 31.9 Å². The van der Waals surface area contributed by atoms with Crippen LogP contribution in [0.1, 0.15) is 47.0 Å². The second-order valence-electron chi connectivity index (χ2n) is 4.91. The number of carbonyl (C=O) groups excluding carboxylic acids is 1. The lowest BCUT2D eigenvalue weighted by Crippen LogP contribution is -2.53. The van der Waals surface area contributed by atoms with Crippen molar-refractivity contribution in [2.75, 3.05) is 19.8 Å². The Morgan fingerprint density at radius 2 is 1.88 bits per heavy atom. The van der Waals surface area contributed by atoms with Gasteiger partial charge in [0.05, 0.1) is 12.1 Å². The minimum atomic E-state index is -0.724. The molecule has 0 aromatic carbocycles. The van der Waals surface area contributed by atoms with E-state index in [0.717, 1.165) is 13.0 Å². The van der Waals surface area contributed by atoms with Gasteiger partial charge in [-0.15, -0.1) is 0 Å². The molecule has 0 atom stereocenters. The van der Waals surface area contributed by atoms with Crippen LogP contribution in [0.3, 0.4) is 0 Å². The van der Waals surface area contributed by atoms with Gasteiger partial charge in [0.2, 0.25) is 5.91 Å². The van der Waals surface area contributed by atoms with E-state index in [1.165, 1.54) is 0 Å². The smallest absolute Gasteiger partial charge is 0.240 e. The fraction of sp³-hybridized carbons (Fsp3) is 0.923. The second-order valence-corrected chi connectivity index (χ2v) is 4.91. The zero-order valence-electron chi connectivity index (χ0n) is 11.7. The average molecular weight is 244 g/mol. The number of rotatable bonds is 9. The Kier molecular flexibility index (Phi) is 8.17. The number of carbonyl (C=O) groups is 1. The molecule has 4 heteroatoms. The molecule has 17 heavy (non-hydrogen) atoms. The molecule has 0 bridgehead atoms. The first-order valence-corrected chi connectivity index (χ1v) is 6.61. The van der Waals surface area contributed by atoms with Crippen LogP contribution in [0, 0.1) is 5.92 Å². The molecule has 0 spiro atoms. The SMILES string of the molecule is CCC(N)(CC)C(=O)NCCOCCC(C)C. The number of hydrogen-bond donors (Lipinski definition) is 2. The molecular formula is C13H28N2O2. The number of nitrogens with two attached hydrogens (primary N) is 1. The fourth-order valence-corrected chi connectivity index (χ4v) is 1.40. The van der Waals surface area contributed by atoms with Crippen molar-refractivity contribution < 1.29 is 9.53 Å². The predicted molar refractivity (Wildman–Crippen MR) is 70.8 cm³/mol. The van der Waals surface area contributed by atoms with Crippen LogP contribution in [0.15, 0.2) is 0 Å². The molecule has 0 fully saturated rings. The standard InChI is InChI=1S/C13H28N2O2/c1-5-13(14,6-2)12(16)15-8-10-17-9-7-11(3)4/h11H,5-10,14H2,1-4H3,(H,15,16). The first-order chi connectivity index (χ1) is 7.96. The zero-order valence-corrected chi connectivity index (χ0v) is 11.7. The van der Waals surface area contributed by atoms with E-state index in [4.69, 9.17) is 10.5 Å². The topological polar surface area (TPSA) is 64.4 Å². The van der Waals surface area contributed by atoms with Gasteiger partial charge >= 0.3 is 0 Å². The summed E-state index contributed by atoms with van der Waals surface area (Å²) in [4.78, 5) is 11.8. The summed E-state index contributed by atoms with van der Waals surface area (Å²) in [5.74, 6) is 0.580. The Morgan fingerprint density at radius 1 is 1.29 bits per heavy atom. The summed E-state index contributed by atoms with van der Waals surface area (Å²) >= 11 is 0. The second kappa shape index (κ2) is 8.48. The molecule has 0 radical (unpaired) electrons. The van der Waals surface area contributed by atoms with E-state index in [-0.39, 0.29) is 5.91 Å². The van der Waals surface area contributed by atoms with Crippen molar-refractivity contribution in [3.05, 3.63) is 0 Å². The van der Waals surface area contributed by atoms with Crippen molar-refractivity contribution in [1.29, 1.82) is 0 Å². The quantitative estimate of drug-likeness (QED) is 0.607. The molecule has 0 saturated carbocycles. The fourth-order valence-electron chi connectivity index (χ4n) is 1.40. The summed E-state index contributed by atoms with van der Waals surface area (Å²) in [6.45, 7) is 10.0. The van der Waals surface area contributed by atoms with Crippen molar-refractivity contribution >= 4 is 5.91 Å². The highest BCUT2D eigenvalue weighted by Gasteiger charge is 2.29. The highest BCUT2D eigenvalue weighted by atomic mass is 16.5. The molecule has 0 aliphatic heterocycles. The van der Waals surface area contributed by atoms with Crippen LogP contribution in [0.25, 0.3) is 0 Å². The van der Waals surface area contributed by atoms with E-state index in [2.05, 4.69) is 19.2 Å². The molecule has 3 N–H and O–H groups in total. The molecule has 0 unspecified atom stereocenters. The van der Waals surface area contributed by atoms with E-state index < -0.39 is 5.54 Å². The largest absolute Gasteiger partial charge is 0.380 e. The Labute approximate surface area is 105 Å². The van der Waals surface area contributed by atoms with E-state index in [9.17, 15) is 4.79 Å². The van der Waals surface area contributed by atoms with E-state index >= 15 is 0 Å². The maximum atomic E-state index is 11.8. The van der Waals surface area contributed by atoms with Crippen LogP contribution in [0.5, 0.6) is 0 Å². The third-order valence-electron chi connectivity index (χ3n) is 3.09. The summed E-state index contributed by atoms with van der Waals surface area (Å²) < 4.78 is 5.42. The number of amides is 1. The molecule has 0 saturated heterocycles. The molecule has 0 aromatic rings. The van der Waals surface area contributed by atoms with Crippen LogP contribution < -0.4 is 11.1 Å². The molecule has 0 aliphatic rings. The molecule has 0 aliphatic carbocycles. The predicted octanol–water partition coefficient (Wildman–Crippen LogP) is 1.68. The van der Waals surface area contributed by atoms with Crippen molar-refractivity contribution in [2.45, 2.75) is 52.5 Å². The van der Waals surface area contributed by atoms with Gasteiger partial charge in [0.15, 0.2) is 0 Å². The summed E-state index contributed by atoms with van der Waals surface area (Å²) in [5, 5.41) is 2.82. The number of hydrogen-bond acceptors (Lipinski definition) is 3. The lowest BCUT2D eigenvalue weighted by molar-refractivity contribution is -0.126. The first-order valence-electron chi connectivity index (χ1n) is 6.61. The van der Waals surface area contributed by atoms with Crippen molar-refractivity contribution in [1.82, 2.24) is 5.32 Å². The zero-order chi connectivity index (χ0) is 13.3. The highest BCUT2D eigenvalue weighted by Crippen LogP contribution is 2.10. The number of nitrogens with one attached hydrogen (secondary N) is 1. The summed E-state index contributed by atoms with van der Waals surface area (Å²) in [7, 11) is 0. The molecule has 4 nitrogen and oxygen atoms in total. The Balaban J connectivity index is 3.64. The van der Waals surface area contributed by atoms with Crippen molar-refractivity contribution in [3.8, 4) is 0 Å². The van der Waals surface area contributed by atoms with Gasteiger partial charge in [0, 0.05) is 13.2 Å². The van der Waals surface area contributed by atoms with Crippen molar-refractivity contribution in [2.24, 2.45) is 11.7 Å².